The third-order valence-corrected chi connectivity index (χ3v) is 5.19. The van der Waals surface area contributed by atoms with Crippen LogP contribution in [0.3, 0.4) is 0 Å². The zero-order valence-electron chi connectivity index (χ0n) is 13.1. The Bertz CT molecular complexity index is 500. The Hall–Kier alpha value is -1.35. The Morgan fingerprint density at radius 3 is 2.81 bits per heavy atom. The Kier molecular flexibility index (Phi) is 4.29. The first-order chi connectivity index (χ1) is 10.1. The Labute approximate surface area is 127 Å². The molecule has 2 aliphatic rings. The van der Waals surface area contributed by atoms with Gasteiger partial charge in [-0.3, -0.25) is 4.79 Å². The van der Waals surface area contributed by atoms with Crippen LogP contribution in [0.5, 0.6) is 0 Å². The van der Waals surface area contributed by atoms with Crippen LogP contribution in [0.1, 0.15) is 56.2 Å². The maximum absolute atomic E-state index is 12.5. The lowest BCUT2D eigenvalue weighted by atomic mass is 9.85. The zero-order chi connectivity index (χ0) is 14.8. The summed E-state index contributed by atoms with van der Waals surface area (Å²) >= 11 is 0. The molecule has 3 unspecified atom stereocenters. The number of nitrogens with one attached hydrogen (secondary N) is 2. The number of amides is 1. The van der Waals surface area contributed by atoms with E-state index in [-0.39, 0.29) is 18.0 Å². The highest BCUT2D eigenvalue weighted by Gasteiger charge is 2.38. The topological polar surface area (TPSA) is 41.1 Å². The first-order valence-electron chi connectivity index (χ1n) is 8.27. The average Bonchev–Trinajstić information content (AvgIpc) is 2.91. The van der Waals surface area contributed by atoms with E-state index in [2.05, 4.69) is 36.6 Å². The minimum atomic E-state index is 0.00423. The van der Waals surface area contributed by atoms with Gasteiger partial charge in [-0.1, -0.05) is 37.1 Å². The van der Waals surface area contributed by atoms with E-state index in [0.717, 1.165) is 6.42 Å². The largest absolute Gasteiger partial charge is 0.348 e. The van der Waals surface area contributed by atoms with Crippen LogP contribution in [0, 0.1) is 12.8 Å². The quantitative estimate of drug-likeness (QED) is 0.896. The molecule has 1 aliphatic heterocycles. The van der Waals surface area contributed by atoms with Gasteiger partial charge in [-0.05, 0) is 50.2 Å². The number of rotatable bonds is 3. The molecule has 3 rings (SSSR count). The molecule has 2 fully saturated rings. The standard InChI is InChI=1S/C18H26N2O/c1-12-7-3-5-9-15(12)13(2)19-18(21)17-11-14-8-4-6-10-16(14)20-17/h3,5,7,9,13-14,16-17,20H,4,6,8,10-11H2,1-2H3,(H,19,21)/t13-,14?,16?,17?/m0/s1. The smallest absolute Gasteiger partial charge is 0.237 e. The van der Waals surface area contributed by atoms with Crippen LogP contribution in [0.2, 0.25) is 0 Å². The van der Waals surface area contributed by atoms with Gasteiger partial charge in [0.05, 0.1) is 12.1 Å². The summed E-state index contributed by atoms with van der Waals surface area (Å²) in [6.45, 7) is 4.17. The van der Waals surface area contributed by atoms with E-state index in [1.807, 2.05) is 12.1 Å². The molecule has 1 aromatic carbocycles. The number of hydrogen-bond acceptors (Lipinski definition) is 2. The maximum Gasteiger partial charge on any atom is 0.237 e. The van der Waals surface area contributed by atoms with Crippen LogP contribution in [0.15, 0.2) is 24.3 Å². The van der Waals surface area contributed by atoms with Crippen molar-refractivity contribution in [3.63, 3.8) is 0 Å². The number of hydrogen-bond donors (Lipinski definition) is 2. The molecule has 0 aromatic heterocycles. The highest BCUT2D eigenvalue weighted by atomic mass is 16.2. The molecule has 1 saturated carbocycles. The first-order valence-corrected chi connectivity index (χ1v) is 8.27. The minimum absolute atomic E-state index is 0.00423. The van der Waals surface area contributed by atoms with Crippen LogP contribution >= 0.6 is 0 Å². The fourth-order valence-corrected chi connectivity index (χ4v) is 3.99. The molecule has 114 valence electrons. The van der Waals surface area contributed by atoms with Gasteiger partial charge in [0, 0.05) is 6.04 Å². The van der Waals surface area contributed by atoms with Gasteiger partial charge in [0.15, 0.2) is 0 Å². The van der Waals surface area contributed by atoms with Gasteiger partial charge >= 0.3 is 0 Å². The van der Waals surface area contributed by atoms with Crippen molar-refractivity contribution in [2.45, 2.75) is 64.1 Å². The van der Waals surface area contributed by atoms with E-state index in [1.54, 1.807) is 0 Å². The highest BCUT2D eigenvalue weighted by Crippen LogP contribution is 2.33. The summed E-state index contributed by atoms with van der Waals surface area (Å²) in [6.07, 6.45) is 6.17. The number of fused-ring (bicyclic) bond motifs is 1. The van der Waals surface area contributed by atoms with E-state index >= 15 is 0 Å². The molecule has 1 saturated heterocycles. The van der Waals surface area contributed by atoms with Crippen molar-refractivity contribution in [2.24, 2.45) is 5.92 Å². The Morgan fingerprint density at radius 1 is 1.29 bits per heavy atom. The monoisotopic (exact) mass is 286 g/mol. The third-order valence-electron chi connectivity index (χ3n) is 5.19. The molecule has 1 heterocycles. The fourth-order valence-electron chi connectivity index (χ4n) is 3.99. The lowest BCUT2D eigenvalue weighted by molar-refractivity contribution is -0.123. The zero-order valence-corrected chi connectivity index (χ0v) is 13.1. The summed E-state index contributed by atoms with van der Waals surface area (Å²) in [5.74, 6) is 0.878. The summed E-state index contributed by atoms with van der Waals surface area (Å²) in [5, 5.41) is 6.74. The SMILES string of the molecule is Cc1ccccc1[C@H](C)NC(=O)C1CC2CCCCC2N1. The molecule has 3 nitrogen and oxygen atoms in total. The molecule has 2 N–H and O–H groups in total. The molecule has 0 spiro atoms. The Morgan fingerprint density at radius 2 is 2.05 bits per heavy atom. The molecular formula is C18H26N2O. The van der Waals surface area contributed by atoms with Gasteiger partial charge in [-0.2, -0.15) is 0 Å². The van der Waals surface area contributed by atoms with E-state index in [0.29, 0.717) is 12.0 Å². The number of aryl methyl sites for hydroxylation is 1. The van der Waals surface area contributed by atoms with E-state index in [1.165, 1.54) is 36.8 Å². The average molecular weight is 286 g/mol. The van der Waals surface area contributed by atoms with Crippen molar-refractivity contribution in [1.29, 1.82) is 0 Å². The molecule has 0 bridgehead atoms. The van der Waals surface area contributed by atoms with Crippen molar-refractivity contribution < 1.29 is 4.79 Å². The lowest BCUT2D eigenvalue weighted by Gasteiger charge is -2.24. The number of carbonyl (C=O) groups excluding carboxylic acids is 1. The maximum atomic E-state index is 12.5. The summed E-state index contributed by atoms with van der Waals surface area (Å²) in [5.41, 5.74) is 2.44. The number of carbonyl (C=O) groups is 1. The summed E-state index contributed by atoms with van der Waals surface area (Å²) < 4.78 is 0. The van der Waals surface area contributed by atoms with Crippen LogP contribution in [0.4, 0.5) is 0 Å². The second-order valence-electron chi connectivity index (χ2n) is 6.69. The molecule has 4 atom stereocenters. The van der Waals surface area contributed by atoms with Gasteiger partial charge in [0.25, 0.3) is 0 Å². The van der Waals surface area contributed by atoms with Crippen LogP contribution < -0.4 is 10.6 Å². The number of benzene rings is 1. The van der Waals surface area contributed by atoms with Crippen LogP contribution in [0.25, 0.3) is 0 Å². The molecule has 1 amide bonds. The van der Waals surface area contributed by atoms with Gasteiger partial charge in [0.1, 0.15) is 0 Å². The van der Waals surface area contributed by atoms with Crippen molar-refractivity contribution in [3.05, 3.63) is 35.4 Å². The predicted molar refractivity (Wildman–Crippen MR) is 85.0 cm³/mol. The van der Waals surface area contributed by atoms with E-state index in [4.69, 9.17) is 0 Å². The molecule has 3 heteroatoms. The van der Waals surface area contributed by atoms with Gasteiger partial charge in [0.2, 0.25) is 5.91 Å². The highest BCUT2D eigenvalue weighted by molar-refractivity contribution is 5.82. The van der Waals surface area contributed by atoms with Crippen LogP contribution in [-0.4, -0.2) is 18.0 Å². The normalized spacial score (nSPS) is 29.7. The second-order valence-corrected chi connectivity index (χ2v) is 6.69. The first kappa shape index (κ1) is 14.6. The van der Waals surface area contributed by atoms with Crippen molar-refractivity contribution >= 4 is 5.91 Å². The lowest BCUT2D eigenvalue weighted by Crippen LogP contribution is -2.44. The molecule has 1 aromatic rings. The van der Waals surface area contributed by atoms with Gasteiger partial charge < -0.3 is 10.6 Å². The Balaban J connectivity index is 1.60. The second kappa shape index (κ2) is 6.18. The third kappa shape index (κ3) is 3.13. The van der Waals surface area contributed by atoms with Crippen molar-refractivity contribution in [1.82, 2.24) is 10.6 Å². The van der Waals surface area contributed by atoms with Crippen molar-refractivity contribution in [2.75, 3.05) is 0 Å². The molecule has 1 aliphatic carbocycles. The minimum Gasteiger partial charge on any atom is -0.348 e. The fraction of sp³-hybridized carbons (Fsp3) is 0.611. The van der Waals surface area contributed by atoms with E-state index < -0.39 is 0 Å². The van der Waals surface area contributed by atoms with E-state index in [9.17, 15) is 4.79 Å². The van der Waals surface area contributed by atoms with Crippen molar-refractivity contribution in [3.8, 4) is 0 Å². The van der Waals surface area contributed by atoms with Gasteiger partial charge in [-0.15, -0.1) is 0 Å². The predicted octanol–water partition coefficient (Wildman–Crippen LogP) is 3.09. The van der Waals surface area contributed by atoms with Gasteiger partial charge in [-0.25, -0.2) is 0 Å². The molecule has 21 heavy (non-hydrogen) atoms. The summed E-state index contributed by atoms with van der Waals surface area (Å²) in [4.78, 5) is 12.5. The summed E-state index contributed by atoms with van der Waals surface area (Å²) in [7, 11) is 0. The van der Waals surface area contributed by atoms with Crippen LogP contribution in [-0.2, 0) is 4.79 Å². The molecular weight excluding hydrogens is 260 g/mol. The summed E-state index contributed by atoms with van der Waals surface area (Å²) in [6, 6.07) is 8.92. The molecule has 0 radical (unpaired) electrons.